The van der Waals surface area contributed by atoms with Crippen LogP contribution in [0.3, 0.4) is 0 Å². The van der Waals surface area contributed by atoms with Crippen molar-refractivity contribution in [3.63, 3.8) is 0 Å². The zero-order chi connectivity index (χ0) is 19.2. The molecule has 4 amide bonds. The molecule has 3 rings (SSSR count). The summed E-state index contributed by atoms with van der Waals surface area (Å²) in [7, 11) is 0. The Kier molecular flexibility index (Phi) is 5.48. The maximum Gasteiger partial charge on any atom is 0.324 e. The Morgan fingerprint density at radius 1 is 0.778 bits per heavy atom. The molecule has 8 heteroatoms. The average molecular weight is 380 g/mol. The van der Waals surface area contributed by atoms with Gasteiger partial charge in [-0.15, -0.1) is 11.3 Å². The topological polar surface area (TPSA) is 113 Å². The number of rotatable bonds is 5. The molecule has 0 saturated carbocycles. The molecular formula is C19H16N4O3S. The predicted molar refractivity (Wildman–Crippen MR) is 106 cm³/mol. The summed E-state index contributed by atoms with van der Waals surface area (Å²) in [4.78, 5) is 36.0. The van der Waals surface area contributed by atoms with Crippen molar-refractivity contribution in [3.8, 4) is 0 Å². The number of para-hydroxylation sites is 1. The van der Waals surface area contributed by atoms with Gasteiger partial charge >= 0.3 is 6.03 Å². The predicted octanol–water partition coefficient (Wildman–Crippen LogP) is 3.74. The molecule has 2 aromatic carbocycles. The van der Waals surface area contributed by atoms with Crippen molar-refractivity contribution in [2.24, 2.45) is 5.73 Å². The number of hydrogen-bond donors (Lipinski definition) is 4. The molecule has 0 spiro atoms. The zero-order valence-electron chi connectivity index (χ0n) is 14.1. The number of carbonyl (C=O) groups excluding carboxylic acids is 3. The summed E-state index contributed by atoms with van der Waals surface area (Å²) in [6.45, 7) is 0. The van der Waals surface area contributed by atoms with Crippen LogP contribution in [0.5, 0.6) is 0 Å². The number of primary amides is 1. The van der Waals surface area contributed by atoms with Crippen molar-refractivity contribution >= 4 is 45.6 Å². The number of thiophene rings is 1. The van der Waals surface area contributed by atoms with Crippen molar-refractivity contribution in [2.75, 3.05) is 16.0 Å². The van der Waals surface area contributed by atoms with E-state index >= 15 is 0 Å². The van der Waals surface area contributed by atoms with E-state index in [1.54, 1.807) is 42.5 Å². The lowest BCUT2D eigenvalue weighted by Crippen LogP contribution is -2.18. The molecule has 0 atom stereocenters. The van der Waals surface area contributed by atoms with Crippen LogP contribution in [0.2, 0.25) is 0 Å². The van der Waals surface area contributed by atoms with E-state index in [2.05, 4.69) is 16.0 Å². The number of nitrogens with one attached hydrogen (secondary N) is 3. The molecule has 1 aromatic heterocycles. The summed E-state index contributed by atoms with van der Waals surface area (Å²) in [6, 6.07) is 18.2. The maximum absolute atomic E-state index is 12.3. The van der Waals surface area contributed by atoms with Crippen LogP contribution in [-0.2, 0) is 0 Å². The van der Waals surface area contributed by atoms with Gasteiger partial charge < -0.3 is 16.4 Å². The first-order chi connectivity index (χ1) is 13.0. The van der Waals surface area contributed by atoms with E-state index in [0.717, 1.165) is 11.3 Å². The standard InChI is InChI=1S/C19H16N4O3S/c20-17(24)12-5-4-8-14(11-12)21-18(25)15-9-10-16(27-15)23-19(26)22-13-6-2-1-3-7-13/h1-11H,(H2,20,24)(H,21,25)(H2,22,23,26). The molecule has 1 heterocycles. The van der Waals surface area contributed by atoms with Crippen molar-refractivity contribution < 1.29 is 14.4 Å². The minimum Gasteiger partial charge on any atom is -0.366 e. The van der Waals surface area contributed by atoms with E-state index < -0.39 is 11.9 Å². The smallest absolute Gasteiger partial charge is 0.324 e. The lowest BCUT2D eigenvalue weighted by Gasteiger charge is -2.06. The normalized spacial score (nSPS) is 10.1. The van der Waals surface area contributed by atoms with Crippen molar-refractivity contribution in [2.45, 2.75) is 0 Å². The van der Waals surface area contributed by atoms with Crippen LogP contribution in [0, 0.1) is 0 Å². The van der Waals surface area contributed by atoms with Crippen LogP contribution >= 0.6 is 11.3 Å². The Hall–Kier alpha value is -3.65. The monoisotopic (exact) mass is 380 g/mol. The fourth-order valence-corrected chi connectivity index (χ4v) is 3.06. The minimum atomic E-state index is -0.571. The van der Waals surface area contributed by atoms with Crippen LogP contribution in [0.1, 0.15) is 20.0 Å². The second-order valence-electron chi connectivity index (χ2n) is 5.51. The summed E-state index contributed by atoms with van der Waals surface area (Å²) in [5, 5.41) is 8.60. The molecule has 0 bridgehead atoms. The van der Waals surface area contributed by atoms with E-state index in [0.29, 0.717) is 26.8 Å². The molecule has 5 N–H and O–H groups in total. The minimum absolute atomic E-state index is 0.305. The molecule has 0 fully saturated rings. The number of nitrogens with two attached hydrogens (primary N) is 1. The number of anilines is 3. The summed E-state index contributed by atoms with van der Waals surface area (Å²) >= 11 is 1.13. The van der Waals surface area contributed by atoms with Crippen molar-refractivity contribution in [1.29, 1.82) is 0 Å². The van der Waals surface area contributed by atoms with Gasteiger partial charge in [-0.25, -0.2) is 4.79 Å². The number of benzene rings is 2. The Balaban J connectivity index is 1.61. The molecule has 0 radical (unpaired) electrons. The number of hydrogen-bond acceptors (Lipinski definition) is 4. The van der Waals surface area contributed by atoms with Gasteiger partial charge in [0, 0.05) is 16.9 Å². The van der Waals surface area contributed by atoms with Crippen LogP contribution in [0.25, 0.3) is 0 Å². The van der Waals surface area contributed by atoms with E-state index in [9.17, 15) is 14.4 Å². The zero-order valence-corrected chi connectivity index (χ0v) is 14.9. The SMILES string of the molecule is NC(=O)c1cccc(NC(=O)c2ccc(NC(=O)Nc3ccccc3)s2)c1. The Morgan fingerprint density at radius 2 is 1.52 bits per heavy atom. The first kappa shape index (κ1) is 18.2. The number of amides is 4. The third-order valence-electron chi connectivity index (χ3n) is 3.50. The first-order valence-corrected chi connectivity index (χ1v) is 8.77. The fraction of sp³-hybridized carbons (Fsp3) is 0. The van der Waals surface area contributed by atoms with E-state index in [-0.39, 0.29) is 5.91 Å². The second kappa shape index (κ2) is 8.15. The molecular weight excluding hydrogens is 364 g/mol. The summed E-state index contributed by atoms with van der Waals surface area (Å²) < 4.78 is 0. The molecule has 0 aliphatic heterocycles. The summed E-state index contributed by atoms with van der Waals surface area (Å²) in [6.07, 6.45) is 0. The van der Waals surface area contributed by atoms with Gasteiger partial charge in [-0.1, -0.05) is 24.3 Å². The second-order valence-corrected chi connectivity index (χ2v) is 6.59. The van der Waals surface area contributed by atoms with Gasteiger partial charge in [0.1, 0.15) is 0 Å². The molecule has 0 unspecified atom stereocenters. The number of urea groups is 1. The highest BCUT2D eigenvalue weighted by Crippen LogP contribution is 2.23. The largest absolute Gasteiger partial charge is 0.366 e. The fourth-order valence-electron chi connectivity index (χ4n) is 2.27. The van der Waals surface area contributed by atoms with Gasteiger partial charge in [0.25, 0.3) is 5.91 Å². The van der Waals surface area contributed by atoms with E-state index in [1.807, 2.05) is 18.2 Å². The highest BCUT2D eigenvalue weighted by atomic mass is 32.1. The van der Waals surface area contributed by atoms with Gasteiger partial charge in [0.2, 0.25) is 5.91 Å². The Labute approximate surface area is 159 Å². The molecule has 0 saturated heterocycles. The highest BCUT2D eigenvalue weighted by Gasteiger charge is 2.12. The molecule has 136 valence electrons. The van der Waals surface area contributed by atoms with Gasteiger partial charge in [-0.2, -0.15) is 0 Å². The third kappa shape index (κ3) is 4.93. The molecule has 7 nitrogen and oxygen atoms in total. The van der Waals surface area contributed by atoms with Crippen LogP contribution in [0.15, 0.2) is 66.7 Å². The average Bonchev–Trinajstić information content (AvgIpc) is 3.11. The molecule has 27 heavy (non-hydrogen) atoms. The van der Waals surface area contributed by atoms with Crippen LogP contribution in [-0.4, -0.2) is 17.8 Å². The molecule has 0 aliphatic carbocycles. The van der Waals surface area contributed by atoms with Gasteiger partial charge in [0.15, 0.2) is 0 Å². The van der Waals surface area contributed by atoms with E-state index in [1.165, 1.54) is 6.07 Å². The maximum atomic E-state index is 12.3. The lowest BCUT2D eigenvalue weighted by molar-refractivity contribution is 0.0996. The van der Waals surface area contributed by atoms with Crippen molar-refractivity contribution in [1.82, 2.24) is 0 Å². The first-order valence-electron chi connectivity index (χ1n) is 7.95. The molecule has 0 aliphatic rings. The quantitative estimate of drug-likeness (QED) is 0.540. The van der Waals surface area contributed by atoms with Gasteiger partial charge in [-0.05, 0) is 42.5 Å². The van der Waals surface area contributed by atoms with Gasteiger partial charge in [-0.3, -0.25) is 14.9 Å². The van der Waals surface area contributed by atoms with Gasteiger partial charge in [0.05, 0.1) is 9.88 Å². The highest BCUT2D eigenvalue weighted by molar-refractivity contribution is 7.18. The summed E-state index contributed by atoms with van der Waals surface area (Å²) in [5.41, 5.74) is 6.66. The number of carbonyl (C=O) groups is 3. The van der Waals surface area contributed by atoms with Crippen molar-refractivity contribution in [3.05, 3.63) is 77.2 Å². The third-order valence-corrected chi connectivity index (χ3v) is 4.50. The van der Waals surface area contributed by atoms with E-state index in [4.69, 9.17) is 5.73 Å². The lowest BCUT2D eigenvalue weighted by atomic mass is 10.2. The molecule has 3 aromatic rings. The Bertz CT molecular complexity index is 985. The summed E-state index contributed by atoms with van der Waals surface area (Å²) in [5.74, 6) is -0.920. The Morgan fingerprint density at radius 3 is 2.26 bits per heavy atom. The van der Waals surface area contributed by atoms with Crippen LogP contribution < -0.4 is 21.7 Å². The van der Waals surface area contributed by atoms with Crippen LogP contribution in [0.4, 0.5) is 21.2 Å².